The van der Waals surface area contributed by atoms with Crippen molar-refractivity contribution < 1.29 is 4.79 Å². The first-order chi connectivity index (χ1) is 5.83. The zero-order chi connectivity index (χ0) is 8.81. The van der Waals surface area contributed by atoms with Crippen molar-refractivity contribution >= 4 is 17.9 Å². The summed E-state index contributed by atoms with van der Waals surface area (Å²) in [7, 11) is 0. The zero-order valence-electron chi connectivity index (χ0n) is 6.78. The van der Waals surface area contributed by atoms with E-state index in [1.54, 1.807) is 6.20 Å². The van der Waals surface area contributed by atoms with Gasteiger partial charge in [-0.15, -0.1) is 0 Å². The molecule has 0 bridgehead atoms. The van der Waals surface area contributed by atoms with Crippen molar-refractivity contribution in [3.05, 3.63) is 24.4 Å². The van der Waals surface area contributed by atoms with Gasteiger partial charge in [0.2, 0.25) is 5.91 Å². The Morgan fingerprint density at radius 2 is 2.50 bits per heavy atom. The summed E-state index contributed by atoms with van der Waals surface area (Å²) in [5, 5.41) is 0.805. The average Bonchev–Trinajstić information content (AvgIpc) is 2.16. The summed E-state index contributed by atoms with van der Waals surface area (Å²) in [4.78, 5) is 14.9. The monoisotopic (exact) mass is 182 g/mol. The van der Waals surface area contributed by atoms with Gasteiger partial charge in [-0.1, -0.05) is 13.0 Å². The Morgan fingerprint density at radius 3 is 3.08 bits per heavy atom. The van der Waals surface area contributed by atoms with Crippen LogP contribution in [0.4, 0.5) is 0 Å². The third kappa shape index (κ3) is 2.92. The molecule has 1 aromatic rings. The predicted octanol–water partition coefficient (Wildman–Crippen LogP) is 1.61. The minimum Gasteiger partial charge on any atom is -0.295 e. The summed E-state index contributed by atoms with van der Waals surface area (Å²) in [5.41, 5.74) is 0. The number of hydrogen-bond acceptors (Lipinski definition) is 3. The van der Waals surface area contributed by atoms with Crippen LogP contribution in [0.2, 0.25) is 0 Å². The molecule has 0 radical (unpaired) electrons. The topological polar surface area (TPSA) is 42.0 Å². The second-order valence-electron chi connectivity index (χ2n) is 2.15. The average molecular weight is 182 g/mol. The highest BCUT2D eigenvalue weighted by Gasteiger charge is 1.97. The highest BCUT2D eigenvalue weighted by Crippen LogP contribution is 2.08. The molecule has 1 aromatic heterocycles. The van der Waals surface area contributed by atoms with E-state index in [0.29, 0.717) is 6.42 Å². The molecule has 1 amide bonds. The lowest BCUT2D eigenvalue weighted by molar-refractivity contribution is -0.118. The van der Waals surface area contributed by atoms with E-state index in [1.807, 2.05) is 25.1 Å². The fourth-order valence-electron chi connectivity index (χ4n) is 0.589. The maximum absolute atomic E-state index is 10.8. The largest absolute Gasteiger partial charge is 0.295 e. The van der Waals surface area contributed by atoms with Gasteiger partial charge in [-0.2, -0.15) is 0 Å². The van der Waals surface area contributed by atoms with Gasteiger partial charge in [0.1, 0.15) is 5.03 Å². The molecule has 0 aliphatic carbocycles. The molecule has 0 unspecified atom stereocenters. The summed E-state index contributed by atoms with van der Waals surface area (Å²) in [6.45, 7) is 1.81. The molecule has 0 aromatic carbocycles. The van der Waals surface area contributed by atoms with Gasteiger partial charge in [-0.05, 0) is 12.1 Å². The van der Waals surface area contributed by atoms with Crippen molar-refractivity contribution in [3.63, 3.8) is 0 Å². The number of hydrogen-bond donors (Lipinski definition) is 1. The second kappa shape index (κ2) is 4.77. The van der Waals surface area contributed by atoms with Gasteiger partial charge in [0.25, 0.3) is 0 Å². The number of rotatable bonds is 3. The van der Waals surface area contributed by atoms with Gasteiger partial charge < -0.3 is 0 Å². The Balaban J connectivity index is 2.38. The first-order valence-electron chi connectivity index (χ1n) is 3.69. The molecule has 1 rings (SSSR count). The van der Waals surface area contributed by atoms with Crippen LogP contribution in [0.25, 0.3) is 0 Å². The molecule has 0 saturated carbocycles. The fraction of sp³-hybridized carbons (Fsp3) is 0.250. The Morgan fingerprint density at radius 1 is 1.67 bits per heavy atom. The first-order valence-corrected chi connectivity index (χ1v) is 4.51. The maximum Gasteiger partial charge on any atom is 0.229 e. The minimum atomic E-state index is 0.0191. The maximum atomic E-state index is 10.8. The lowest BCUT2D eigenvalue weighted by Crippen LogP contribution is -2.13. The third-order valence-corrected chi connectivity index (χ3v) is 2.01. The van der Waals surface area contributed by atoms with Crippen LogP contribution in [0.15, 0.2) is 29.4 Å². The van der Waals surface area contributed by atoms with E-state index in [1.165, 1.54) is 11.9 Å². The molecular weight excluding hydrogens is 172 g/mol. The highest BCUT2D eigenvalue weighted by molar-refractivity contribution is 7.97. The lowest BCUT2D eigenvalue weighted by Gasteiger charge is -1.99. The molecule has 0 atom stereocenters. The summed E-state index contributed by atoms with van der Waals surface area (Å²) in [5.74, 6) is 0.0191. The molecule has 3 nitrogen and oxygen atoms in total. The van der Waals surface area contributed by atoms with Gasteiger partial charge in [-0.3, -0.25) is 9.52 Å². The van der Waals surface area contributed by atoms with E-state index in [9.17, 15) is 4.79 Å². The van der Waals surface area contributed by atoms with Crippen molar-refractivity contribution in [2.24, 2.45) is 0 Å². The van der Waals surface area contributed by atoms with E-state index in [0.717, 1.165) is 5.03 Å². The molecule has 4 heteroatoms. The zero-order valence-corrected chi connectivity index (χ0v) is 7.60. The predicted molar refractivity (Wildman–Crippen MR) is 48.5 cm³/mol. The van der Waals surface area contributed by atoms with Crippen LogP contribution >= 0.6 is 11.9 Å². The summed E-state index contributed by atoms with van der Waals surface area (Å²) < 4.78 is 2.66. The Kier molecular flexibility index (Phi) is 3.60. The van der Waals surface area contributed by atoms with Gasteiger partial charge in [0.15, 0.2) is 0 Å². The Bertz CT molecular complexity index is 250. The van der Waals surface area contributed by atoms with Gasteiger partial charge in [0, 0.05) is 24.6 Å². The second-order valence-corrected chi connectivity index (χ2v) is 2.98. The van der Waals surface area contributed by atoms with Crippen molar-refractivity contribution in [2.45, 2.75) is 18.4 Å². The van der Waals surface area contributed by atoms with E-state index < -0.39 is 0 Å². The molecule has 1 N–H and O–H groups in total. The Hall–Kier alpha value is -1.03. The van der Waals surface area contributed by atoms with E-state index in [-0.39, 0.29) is 5.91 Å². The van der Waals surface area contributed by atoms with Gasteiger partial charge in [-0.25, -0.2) is 4.98 Å². The van der Waals surface area contributed by atoms with Crippen molar-refractivity contribution in [2.75, 3.05) is 0 Å². The number of nitrogens with one attached hydrogen (secondary N) is 1. The van der Waals surface area contributed by atoms with Gasteiger partial charge in [0.05, 0.1) is 0 Å². The number of carbonyl (C=O) groups excluding carboxylic acids is 1. The van der Waals surface area contributed by atoms with Crippen LogP contribution in [0, 0.1) is 0 Å². The SMILES string of the molecule is CCC(=O)NSc1ccccn1. The van der Waals surface area contributed by atoms with Crippen LogP contribution in [0.3, 0.4) is 0 Å². The van der Waals surface area contributed by atoms with Gasteiger partial charge >= 0.3 is 0 Å². The molecule has 0 spiro atoms. The molecule has 0 aliphatic heterocycles. The number of pyridine rings is 1. The summed E-state index contributed by atoms with van der Waals surface area (Å²) >= 11 is 1.24. The smallest absolute Gasteiger partial charge is 0.229 e. The number of carbonyl (C=O) groups is 1. The standard InChI is InChI=1S/C8H10N2OS/c1-2-7(11)10-12-8-5-3-4-6-9-8/h3-6H,2H2,1H3,(H,10,11). The van der Waals surface area contributed by atoms with Crippen molar-refractivity contribution in [1.82, 2.24) is 9.71 Å². The van der Waals surface area contributed by atoms with Crippen LogP contribution in [-0.4, -0.2) is 10.9 Å². The molecule has 64 valence electrons. The van der Waals surface area contributed by atoms with E-state index >= 15 is 0 Å². The Labute approximate surface area is 75.7 Å². The van der Waals surface area contributed by atoms with E-state index in [4.69, 9.17) is 0 Å². The lowest BCUT2D eigenvalue weighted by atomic mass is 10.5. The summed E-state index contributed by atoms with van der Waals surface area (Å²) in [6.07, 6.45) is 2.19. The van der Waals surface area contributed by atoms with Crippen LogP contribution in [0.5, 0.6) is 0 Å². The van der Waals surface area contributed by atoms with Crippen LogP contribution in [-0.2, 0) is 4.79 Å². The number of aromatic nitrogens is 1. The first kappa shape index (κ1) is 9.06. The molecule has 0 fully saturated rings. The summed E-state index contributed by atoms with van der Waals surface area (Å²) in [6, 6.07) is 5.57. The normalized spacial score (nSPS) is 9.42. The third-order valence-electron chi connectivity index (χ3n) is 1.23. The quantitative estimate of drug-likeness (QED) is 0.722. The van der Waals surface area contributed by atoms with Crippen molar-refractivity contribution in [3.8, 4) is 0 Å². The van der Waals surface area contributed by atoms with Crippen LogP contribution in [0.1, 0.15) is 13.3 Å². The number of amides is 1. The van der Waals surface area contributed by atoms with Crippen LogP contribution < -0.4 is 4.72 Å². The highest BCUT2D eigenvalue weighted by atomic mass is 32.2. The molecule has 0 saturated heterocycles. The minimum absolute atomic E-state index is 0.0191. The molecule has 12 heavy (non-hydrogen) atoms. The molecule has 0 aliphatic rings. The van der Waals surface area contributed by atoms with Crippen molar-refractivity contribution in [1.29, 1.82) is 0 Å². The molecule has 1 heterocycles. The van der Waals surface area contributed by atoms with E-state index in [2.05, 4.69) is 9.71 Å². The number of nitrogens with zero attached hydrogens (tertiary/aromatic N) is 1. The fourth-order valence-corrected chi connectivity index (χ4v) is 1.21. The molecular formula is C8H10N2OS.